The number of anilines is 1. The molecule has 4 N–H and O–H groups in total. The smallest absolute Gasteiger partial charge is 0.248 e. The molecule has 126 valence electrons. The quantitative estimate of drug-likeness (QED) is 0.761. The molecular formula is C18H20FN3O2. The third-order valence-corrected chi connectivity index (χ3v) is 3.70. The summed E-state index contributed by atoms with van der Waals surface area (Å²) >= 11 is 0. The minimum atomic E-state index is -0.532. The second-order valence-corrected chi connectivity index (χ2v) is 5.56. The number of rotatable bonds is 6. The Labute approximate surface area is 140 Å². The Morgan fingerprint density at radius 3 is 2.25 bits per heavy atom. The first-order chi connectivity index (χ1) is 11.4. The summed E-state index contributed by atoms with van der Waals surface area (Å²) < 4.78 is 13.8. The van der Waals surface area contributed by atoms with Crippen LogP contribution >= 0.6 is 0 Å². The van der Waals surface area contributed by atoms with E-state index in [2.05, 4.69) is 10.6 Å². The minimum absolute atomic E-state index is 0.259. The van der Waals surface area contributed by atoms with Crippen molar-refractivity contribution >= 4 is 17.5 Å². The van der Waals surface area contributed by atoms with Crippen molar-refractivity contribution in [1.29, 1.82) is 0 Å². The summed E-state index contributed by atoms with van der Waals surface area (Å²) in [5.74, 6) is -1.10. The molecule has 6 heteroatoms. The van der Waals surface area contributed by atoms with Crippen molar-refractivity contribution in [1.82, 2.24) is 5.32 Å². The summed E-state index contributed by atoms with van der Waals surface area (Å²) in [6.07, 6.45) is 0. The Morgan fingerprint density at radius 2 is 1.67 bits per heavy atom. The fourth-order valence-electron chi connectivity index (χ4n) is 2.34. The van der Waals surface area contributed by atoms with Crippen LogP contribution in [-0.4, -0.2) is 17.9 Å². The first-order valence-electron chi connectivity index (χ1n) is 7.59. The lowest BCUT2D eigenvalue weighted by Crippen LogP contribution is -2.39. The van der Waals surface area contributed by atoms with Gasteiger partial charge in [0.2, 0.25) is 11.8 Å². The van der Waals surface area contributed by atoms with Crippen molar-refractivity contribution in [2.45, 2.75) is 25.9 Å². The van der Waals surface area contributed by atoms with E-state index in [0.29, 0.717) is 16.8 Å². The first-order valence-corrected chi connectivity index (χ1v) is 7.59. The SMILES string of the molecule is C[C@H](N[C@@H](C)c1ccccc1F)C(=O)Nc1ccc(C(N)=O)cc1. The lowest BCUT2D eigenvalue weighted by atomic mass is 10.1. The Hall–Kier alpha value is -2.73. The van der Waals surface area contributed by atoms with E-state index in [1.54, 1.807) is 44.2 Å². The Bertz CT molecular complexity index is 731. The molecule has 0 bridgehead atoms. The molecule has 0 aliphatic carbocycles. The summed E-state index contributed by atoms with van der Waals surface area (Å²) in [6, 6.07) is 11.9. The summed E-state index contributed by atoms with van der Waals surface area (Å²) in [5, 5.41) is 5.79. The predicted molar refractivity (Wildman–Crippen MR) is 91.0 cm³/mol. The molecule has 0 aromatic heterocycles. The highest BCUT2D eigenvalue weighted by Crippen LogP contribution is 2.17. The van der Waals surface area contributed by atoms with Crippen LogP contribution in [-0.2, 0) is 4.79 Å². The Kier molecular flexibility index (Phi) is 5.65. The maximum absolute atomic E-state index is 13.8. The topological polar surface area (TPSA) is 84.2 Å². The van der Waals surface area contributed by atoms with E-state index in [0.717, 1.165) is 0 Å². The highest BCUT2D eigenvalue weighted by Gasteiger charge is 2.18. The first kappa shape index (κ1) is 17.6. The van der Waals surface area contributed by atoms with Crippen LogP contribution < -0.4 is 16.4 Å². The molecule has 0 aliphatic rings. The van der Waals surface area contributed by atoms with Gasteiger partial charge in [0.25, 0.3) is 0 Å². The third kappa shape index (κ3) is 4.39. The summed E-state index contributed by atoms with van der Waals surface area (Å²) in [6.45, 7) is 3.49. The maximum Gasteiger partial charge on any atom is 0.248 e. The van der Waals surface area contributed by atoms with Crippen molar-refractivity contribution in [3.05, 3.63) is 65.5 Å². The number of halogens is 1. The number of primary amides is 1. The van der Waals surface area contributed by atoms with Crippen LogP contribution in [0, 0.1) is 5.82 Å². The molecule has 2 aromatic carbocycles. The van der Waals surface area contributed by atoms with Gasteiger partial charge >= 0.3 is 0 Å². The number of hydrogen-bond donors (Lipinski definition) is 3. The van der Waals surface area contributed by atoms with Crippen molar-refractivity contribution in [3.63, 3.8) is 0 Å². The largest absolute Gasteiger partial charge is 0.366 e. The van der Waals surface area contributed by atoms with Crippen molar-refractivity contribution in [3.8, 4) is 0 Å². The zero-order chi connectivity index (χ0) is 17.7. The van der Waals surface area contributed by atoms with Gasteiger partial charge in [-0.1, -0.05) is 18.2 Å². The molecule has 0 spiro atoms. The van der Waals surface area contributed by atoms with Crippen molar-refractivity contribution in [2.75, 3.05) is 5.32 Å². The molecule has 0 radical (unpaired) electrons. The number of amides is 2. The number of carbonyl (C=O) groups excluding carboxylic acids is 2. The summed E-state index contributed by atoms with van der Waals surface area (Å²) in [5.41, 5.74) is 6.59. The second kappa shape index (κ2) is 7.70. The van der Waals surface area contributed by atoms with E-state index in [4.69, 9.17) is 5.73 Å². The van der Waals surface area contributed by atoms with Crippen molar-refractivity contribution < 1.29 is 14.0 Å². The number of nitrogens with two attached hydrogens (primary N) is 1. The van der Waals surface area contributed by atoms with Gasteiger partial charge in [0.15, 0.2) is 0 Å². The number of hydrogen-bond acceptors (Lipinski definition) is 3. The molecule has 0 saturated heterocycles. The lowest BCUT2D eigenvalue weighted by Gasteiger charge is -2.20. The van der Waals surface area contributed by atoms with Gasteiger partial charge in [0.05, 0.1) is 6.04 Å². The third-order valence-electron chi connectivity index (χ3n) is 3.70. The zero-order valence-electron chi connectivity index (χ0n) is 13.5. The van der Waals surface area contributed by atoms with Crippen LogP contribution in [0.1, 0.15) is 35.8 Å². The number of benzene rings is 2. The van der Waals surface area contributed by atoms with Crippen LogP contribution in [0.4, 0.5) is 10.1 Å². The lowest BCUT2D eigenvalue weighted by molar-refractivity contribution is -0.117. The maximum atomic E-state index is 13.8. The Balaban J connectivity index is 1.97. The van der Waals surface area contributed by atoms with Crippen LogP contribution in [0.5, 0.6) is 0 Å². The van der Waals surface area contributed by atoms with Gasteiger partial charge in [-0.15, -0.1) is 0 Å². The average Bonchev–Trinajstić information content (AvgIpc) is 2.55. The van der Waals surface area contributed by atoms with E-state index < -0.39 is 11.9 Å². The van der Waals surface area contributed by atoms with Gasteiger partial charge in [0.1, 0.15) is 5.82 Å². The van der Waals surface area contributed by atoms with Crippen LogP contribution in [0.2, 0.25) is 0 Å². The molecule has 0 aliphatic heterocycles. The molecule has 2 amide bonds. The monoisotopic (exact) mass is 329 g/mol. The van der Waals surface area contributed by atoms with Gasteiger partial charge in [-0.2, -0.15) is 0 Å². The standard InChI is InChI=1S/C18H20FN3O2/c1-11(15-5-3-4-6-16(15)19)21-12(2)18(24)22-14-9-7-13(8-10-14)17(20)23/h3-12,21H,1-2H3,(H2,20,23)(H,22,24)/t11-,12-/m0/s1. The molecular weight excluding hydrogens is 309 g/mol. The summed E-state index contributed by atoms with van der Waals surface area (Å²) in [4.78, 5) is 23.2. The number of carbonyl (C=O) groups is 2. The van der Waals surface area contributed by atoms with E-state index in [9.17, 15) is 14.0 Å². The van der Waals surface area contributed by atoms with E-state index >= 15 is 0 Å². The van der Waals surface area contributed by atoms with Gasteiger partial charge < -0.3 is 11.1 Å². The molecule has 2 aromatic rings. The van der Waals surface area contributed by atoms with Gasteiger partial charge in [-0.25, -0.2) is 4.39 Å². The number of nitrogens with one attached hydrogen (secondary N) is 2. The normalized spacial score (nSPS) is 13.1. The highest BCUT2D eigenvalue weighted by atomic mass is 19.1. The molecule has 0 saturated carbocycles. The second-order valence-electron chi connectivity index (χ2n) is 5.56. The fraction of sp³-hybridized carbons (Fsp3) is 0.222. The molecule has 2 rings (SSSR count). The molecule has 5 nitrogen and oxygen atoms in total. The summed E-state index contributed by atoms with van der Waals surface area (Å²) in [7, 11) is 0. The molecule has 0 unspecified atom stereocenters. The molecule has 24 heavy (non-hydrogen) atoms. The minimum Gasteiger partial charge on any atom is -0.366 e. The van der Waals surface area contributed by atoms with E-state index in [1.165, 1.54) is 18.2 Å². The van der Waals surface area contributed by atoms with Crippen molar-refractivity contribution in [2.24, 2.45) is 5.73 Å². The van der Waals surface area contributed by atoms with E-state index in [1.807, 2.05) is 0 Å². The van der Waals surface area contributed by atoms with E-state index in [-0.39, 0.29) is 17.8 Å². The average molecular weight is 329 g/mol. The van der Waals surface area contributed by atoms with Crippen LogP contribution in [0.3, 0.4) is 0 Å². The van der Waals surface area contributed by atoms with Gasteiger partial charge in [0, 0.05) is 22.9 Å². The molecule has 0 heterocycles. The van der Waals surface area contributed by atoms with Gasteiger partial charge in [-0.05, 0) is 44.2 Å². The zero-order valence-corrected chi connectivity index (χ0v) is 13.5. The fourth-order valence-corrected chi connectivity index (χ4v) is 2.34. The molecule has 2 atom stereocenters. The highest BCUT2D eigenvalue weighted by molar-refractivity contribution is 5.96. The predicted octanol–water partition coefficient (Wildman–Crippen LogP) is 2.60. The molecule has 0 fully saturated rings. The van der Waals surface area contributed by atoms with Crippen LogP contribution in [0.15, 0.2) is 48.5 Å². The van der Waals surface area contributed by atoms with Gasteiger partial charge in [-0.3, -0.25) is 14.9 Å². The van der Waals surface area contributed by atoms with Crippen LogP contribution in [0.25, 0.3) is 0 Å². The Morgan fingerprint density at radius 1 is 1.04 bits per heavy atom.